The van der Waals surface area contributed by atoms with Crippen molar-refractivity contribution < 1.29 is 0 Å². The molecule has 2 aromatic rings. The van der Waals surface area contributed by atoms with Gasteiger partial charge >= 0.3 is 0 Å². The van der Waals surface area contributed by atoms with Crippen molar-refractivity contribution in [3.63, 3.8) is 0 Å². The number of fused-ring (bicyclic) bond motifs is 1. The first-order chi connectivity index (χ1) is 10.3. The lowest BCUT2D eigenvalue weighted by Gasteiger charge is -2.10. The van der Waals surface area contributed by atoms with E-state index >= 15 is 0 Å². The van der Waals surface area contributed by atoms with Crippen LogP contribution in [0.15, 0.2) is 24.3 Å². The van der Waals surface area contributed by atoms with E-state index in [9.17, 15) is 0 Å². The zero-order valence-corrected chi connectivity index (χ0v) is 13.6. The highest BCUT2D eigenvalue weighted by atomic mass is 15.5. The Kier molecular flexibility index (Phi) is 6.71. The Morgan fingerprint density at radius 2 is 1.38 bits per heavy atom. The van der Waals surface area contributed by atoms with Gasteiger partial charge in [-0.05, 0) is 25.5 Å². The van der Waals surface area contributed by atoms with Crippen LogP contribution in [0.4, 0.5) is 0 Å². The van der Waals surface area contributed by atoms with Crippen molar-refractivity contribution >= 4 is 11.0 Å². The molecule has 3 heteroatoms. The predicted octanol–water partition coefficient (Wildman–Crippen LogP) is 5.52. The van der Waals surface area contributed by atoms with Gasteiger partial charge < -0.3 is 0 Å². The minimum atomic E-state index is 0.400. The Morgan fingerprint density at radius 1 is 0.857 bits per heavy atom. The molecular formula is C18H29N3. The van der Waals surface area contributed by atoms with Gasteiger partial charge in [-0.3, -0.25) is 0 Å². The maximum Gasteiger partial charge on any atom is 0.113 e. The van der Waals surface area contributed by atoms with Crippen LogP contribution in [0.3, 0.4) is 0 Å². The maximum atomic E-state index is 4.57. The summed E-state index contributed by atoms with van der Waals surface area (Å²) in [5.41, 5.74) is 2.00. The Bertz CT molecular complexity index is 485. The van der Waals surface area contributed by atoms with Crippen molar-refractivity contribution in [3.05, 3.63) is 24.3 Å². The molecule has 0 aliphatic rings. The average Bonchev–Trinajstić information content (AvgIpc) is 2.94. The SMILES string of the molecule is CCCCCCCCCCC(C)n1nc2ccccc2n1. The summed E-state index contributed by atoms with van der Waals surface area (Å²) in [6, 6.07) is 8.50. The van der Waals surface area contributed by atoms with Crippen LogP contribution >= 0.6 is 0 Å². The first-order valence-electron chi connectivity index (χ1n) is 8.63. The lowest BCUT2D eigenvalue weighted by molar-refractivity contribution is 0.395. The van der Waals surface area contributed by atoms with E-state index in [1.807, 2.05) is 29.1 Å². The summed E-state index contributed by atoms with van der Waals surface area (Å²) in [5, 5.41) is 9.13. The van der Waals surface area contributed by atoms with Crippen molar-refractivity contribution in [2.45, 2.75) is 77.7 Å². The molecule has 3 nitrogen and oxygen atoms in total. The molecule has 0 aliphatic heterocycles. The second kappa shape index (κ2) is 8.81. The van der Waals surface area contributed by atoms with E-state index in [1.54, 1.807) is 0 Å². The molecule has 2 rings (SSSR count). The zero-order chi connectivity index (χ0) is 14.9. The van der Waals surface area contributed by atoms with E-state index in [-0.39, 0.29) is 0 Å². The highest BCUT2D eigenvalue weighted by Gasteiger charge is 2.08. The van der Waals surface area contributed by atoms with Gasteiger partial charge in [-0.1, -0.05) is 70.4 Å². The quantitative estimate of drug-likeness (QED) is 0.538. The zero-order valence-electron chi connectivity index (χ0n) is 13.6. The highest BCUT2D eigenvalue weighted by Crippen LogP contribution is 2.17. The average molecular weight is 287 g/mol. The van der Waals surface area contributed by atoms with Crippen LogP contribution in [0.5, 0.6) is 0 Å². The predicted molar refractivity (Wildman–Crippen MR) is 89.5 cm³/mol. The van der Waals surface area contributed by atoms with Crippen LogP contribution in [-0.4, -0.2) is 15.0 Å². The molecule has 1 heterocycles. The van der Waals surface area contributed by atoms with Gasteiger partial charge in [0.25, 0.3) is 0 Å². The van der Waals surface area contributed by atoms with E-state index in [2.05, 4.69) is 24.0 Å². The van der Waals surface area contributed by atoms with Crippen LogP contribution in [-0.2, 0) is 0 Å². The van der Waals surface area contributed by atoms with Gasteiger partial charge in [0.2, 0.25) is 0 Å². The fraction of sp³-hybridized carbons (Fsp3) is 0.667. The molecule has 0 fully saturated rings. The lowest BCUT2D eigenvalue weighted by Crippen LogP contribution is -2.08. The molecular weight excluding hydrogens is 258 g/mol. The minimum absolute atomic E-state index is 0.400. The largest absolute Gasteiger partial charge is 0.181 e. The number of hydrogen-bond acceptors (Lipinski definition) is 2. The van der Waals surface area contributed by atoms with Crippen LogP contribution in [0, 0.1) is 0 Å². The molecule has 0 amide bonds. The summed E-state index contributed by atoms with van der Waals surface area (Å²) in [6.45, 7) is 4.49. The Hall–Kier alpha value is -1.38. The second-order valence-corrected chi connectivity index (χ2v) is 6.12. The van der Waals surface area contributed by atoms with E-state index in [0.29, 0.717) is 6.04 Å². The van der Waals surface area contributed by atoms with Crippen molar-refractivity contribution in [1.82, 2.24) is 15.0 Å². The monoisotopic (exact) mass is 287 g/mol. The summed E-state index contributed by atoms with van der Waals surface area (Å²) in [6.07, 6.45) is 12.1. The summed E-state index contributed by atoms with van der Waals surface area (Å²) in [4.78, 5) is 1.89. The number of hydrogen-bond donors (Lipinski definition) is 0. The summed E-state index contributed by atoms with van der Waals surface area (Å²) < 4.78 is 0. The molecule has 0 saturated carbocycles. The fourth-order valence-electron chi connectivity index (χ4n) is 2.76. The highest BCUT2D eigenvalue weighted by molar-refractivity contribution is 5.72. The van der Waals surface area contributed by atoms with E-state index in [0.717, 1.165) is 11.0 Å². The van der Waals surface area contributed by atoms with Gasteiger partial charge in [0.1, 0.15) is 11.0 Å². The van der Waals surface area contributed by atoms with Crippen LogP contribution in [0.1, 0.15) is 77.7 Å². The Morgan fingerprint density at radius 3 is 1.95 bits per heavy atom. The topological polar surface area (TPSA) is 30.7 Å². The molecule has 0 bridgehead atoms. The number of aromatic nitrogens is 3. The maximum absolute atomic E-state index is 4.57. The Balaban J connectivity index is 1.64. The lowest BCUT2D eigenvalue weighted by atomic mass is 10.1. The molecule has 1 aromatic carbocycles. The molecule has 1 aromatic heterocycles. The van der Waals surface area contributed by atoms with E-state index in [1.165, 1.54) is 57.8 Å². The molecule has 0 radical (unpaired) electrons. The van der Waals surface area contributed by atoms with Crippen molar-refractivity contribution in [2.24, 2.45) is 0 Å². The molecule has 0 saturated heterocycles. The first-order valence-corrected chi connectivity index (χ1v) is 8.63. The van der Waals surface area contributed by atoms with Gasteiger partial charge in [-0.15, -0.1) is 0 Å². The van der Waals surface area contributed by atoms with Gasteiger partial charge in [-0.25, -0.2) is 0 Å². The second-order valence-electron chi connectivity index (χ2n) is 6.12. The summed E-state index contributed by atoms with van der Waals surface area (Å²) >= 11 is 0. The molecule has 1 unspecified atom stereocenters. The smallest absolute Gasteiger partial charge is 0.113 e. The van der Waals surface area contributed by atoms with Crippen molar-refractivity contribution in [3.8, 4) is 0 Å². The van der Waals surface area contributed by atoms with Gasteiger partial charge in [0.05, 0.1) is 6.04 Å². The number of unbranched alkanes of at least 4 members (excludes halogenated alkanes) is 7. The van der Waals surface area contributed by atoms with Crippen LogP contribution in [0.2, 0.25) is 0 Å². The molecule has 0 spiro atoms. The van der Waals surface area contributed by atoms with Crippen LogP contribution < -0.4 is 0 Å². The first kappa shape index (κ1) is 16.0. The third kappa shape index (κ3) is 5.14. The molecule has 0 aliphatic carbocycles. The summed E-state index contributed by atoms with van der Waals surface area (Å²) in [5.74, 6) is 0. The molecule has 1 atom stereocenters. The number of rotatable bonds is 10. The van der Waals surface area contributed by atoms with E-state index < -0.39 is 0 Å². The molecule has 0 N–H and O–H groups in total. The van der Waals surface area contributed by atoms with Gasteiger partial charge in [0, 0.05) is 0 Å². The molecule has 116 valence electrons. The fourth-order valence-corrected chi connectivity index (χ4v) is 2.76. The third-order valence-corrected chi connectivity index (χ3v) is 4.17. The van der Waals surface area contributed by atoms with E-state index in [4.69, 9.17) is 0 Å². The standard InChI is InChI=1S/C18H29N3/c1-3-4-5-6-7-8-9-10-13-16(2)21-19-17-14-11-12-15-18(17)20-21/h11-12,14-16H,3-10,13H2,1-2H3. The number of nitrogens with zero attached hydrogens (tertiary/aromatic N) is 3. The van der Waals surface area contributed by atoms with Gasteiger partial charge in [0.15, 0.2) is 0 Å². The van der Waals surface area contributed by atoms with Crippen molar-refractivity contribution in [2.75, 3.05) is 0 Å². The minimum Gasteiger partial charge on any atom is -0.181 e. The normalized spacial score (nSPS) is 12.9. The van der Waals surface area contributed by atoms with Crippen molar-refractivity contribution in [1.29, 1.82) is 0 Å². The Labute approximate surface area is 128 Å². The van der Waals surface area contributed by atoms with Crippen LogP contribution in [0.25, 0.3) is 11.0 Å². The summed E-state index contributed by atoms with van der Waals surface area (Å²) in [7, 11) is 0. The number of benzene rings is 1. The molecule has 21 heavy (non-hydrogen) atoms. The third-order valence-electron chi connectivity index (χ3n) is 4.17. The van der Waals surface area contributed by atoms with Gasteiger partial charge in [-0.2, -0.15) is 15.0 Å².